The zero-order valence-corrected chi connectivity index (χ0v) is 14.0. The van der Waals surface area contributed by atoms with Crippen LogP contribution in [0.2, 0.25) is 0 Å². The SMILES string of the molecule is CCCC1COC(C2CCC(c3ccc(C#N)cc3)CC2)OC1. The number of hydrogen-bond acceptors (Lipinski definition) is 3. The fraction of sp³-hybridized carbons (Fsp3) is 0.650. The van der Waals surface area contributed by atoms with E-state index >= 15 is 0 Å². The predicted octanol–water partition coefficient (Wildman–Crippen LogP) is 4.62. The molecule has 3 heteroatoms. The molecule has 0 unspecified atom stereocenters. The Morgan fingerprint density at radius 3 is 2.26 bits per heavy atom. The number of ether oxygens (including phenoxy) is 2. The van der Waals surface area contributed by atoms with Crippen molar-refractivity contribution in [3.63, 3.8) is 0 Å². The van der Waals surface area contributed by atoms with Crippen molar-refractivity contribution in [2.24, 2.45) is 11.8 Å². The minimum atomic E-state index is 0.0185. The average molecular weight is 313 g/mol. The highest BCUT2D eigenvalue weighted by atomic mass is 16.7. The second-order valence-electron chi connectivity index (χ2n) is 7.04. The molecule has 3 nitrogen and oxygen atoms in total. The Kier molecular flexibility index (Phi) is 5.70. The first-order chi connectivity index (χ1) is 11.3. The van der Waals surface area contributed by atoms with Gasteiger partial charge in [0.2, 0.25) is 0 Å². The molecule has 1 aromatic carbocycles. The minimum Gasteiger partial charge on any atom is -0.352 e. The monoisotopic (exact) mass is 313 g/mol. The molecule has 1 aliphatic heterocycles. The molecule has 2 aliphatic rings. The molecular weight excluding hydrogens is 286 g/mol. The zero-order chi connectivity index (χ0) is 16.1. The summed E-state index contributed by atoms with van der Waals surface area (Å²) in [5.74, 6) is 1.76. The lowest BCUT2D eigenvalue weighted by atomic mass is 9.78. The van der Waals surface area contributed by atoms with Gasteiger partial charge in [-0.3, -0.25) is 0 Å². The first kappa shape index (κ1) is 16.5. The van der Waals surface area contributed by atoms with Gasteiger partial charge in [0.05, 0.1) is 24.8 Å². The molecular formula is C20H27NO2. The van der Waals surface area contributed by atoms with Gasteiger partial charge in [0.25, 0.3) is 0 Å². The lowest BCUT2D eigenvalue weighted by molar-refractivity contribution is -0.229. The highest BCUT2D eigenvalue weighted by Gasteiger charge is 2.32. The molecule has 1 heterocycles. The van der Waals surface area contributed by atoms with Crippen LogP contribution < -0.4 is 0 Å². The first-order valence-corrected chi connectivity index (χ1v) is 9.03. The standard InChI is InChI=1S/C20H27NO2/c1-2-3-16-13-22-20(23-14-16)19-10-8-18(9-11-19)17-6-4-15(12-21)5-7-17/h4-7,16,18-20H,2-3,8-11,13-14H2,1H3. The maximum atomic E-state index is 8.89. The molecule has 2 fully saturated rings. The van der Waals surface area contributed by atoms with Crippen LogP contribution in [0.3, 0.4) is 0 Å². The molecule has 1 saturated carbocycles. The third-order valence-electron chi connectivity index (χ3n) is 5.36. The van der Waals surface area contributed by atoms with Gasteiger partial charge in [0.15, 0.2) is 6.29 Å². The fourth-order valence-electron chi connectivity index (χ4n) is 3.96. The second-order valence-corrected chi connectivity index (χ2v) is 7.04. The van der Waals surface area contributed by atoms with Crippen molar-refractivity contribution < 1.29 is 9.47 Å². The molecule has 1 aromatic rings. The van der Waals surface area contributed by atoms with Gasteiger partial charge in [-0.25, -0.2) is 0 Å². The maximum absolute atomic E-state index is 8.89. The Labute approximate surface area is 139 Å². The van der Waals surface area contributed by atoms with Gasteiger partial charge >= 0.3 is 0 Å². The van der Waals surface area contributed by atoms with Crippen LogP contribution in [-0.2, 0) is 9.47 Å². The molecule has 0 amide bonds. The molecule has 1 aliphatic carbocycles. The Morgan fingerprint density at radius 2 is 1.70 bits per heavy atom. The topological polar surface area (TPSA) is 42.2 Å². The molecule has 0 spiro atoms. The summed E-state index contributed by atoms with van der Waals surface area (Å²) in [7, 11) is 0. The Balaban J connectivity index is 1.48. The van der Waals surface area contributed by atoms with E-state index in [9.17, 15) is 0 Å². The molecule has 23 heavy (non-hydrogen) atoms. The van der Waals surface area contributed by atoms with Crippen molar-refractivity contribution >= 4 is 0 Å². The van der Waals surface area contributed by atoms with Crippen molar-refractivity contribution in [1.82, 2.24) is 0 Å². The van der Waals surface area contributed by atoms with E-state index in [1.165, 1.54) is 44.1 Å². The summed E-state index contributed by atoms with van der Waals surface area (Å²) in [5, 5.41) is 8.89. The minimum absolute atomic E-state index is 0.0185. The van der Waals surface area contributed by atoms with Gasteiger partial charge < -0.3 is 9.47 Å². The van der Waals surface area contributed by atoms with Gasteiger partial charge in [-0.1, -0.05) is 25.5 Å². The smallest absolute Gasteiger partial charge is 0.160 e. The van der Waals surface area contributed by atoms with Gasteiger partial charge in [0.1, 0.15) is 0 Å². The number of benzene rings is 1. The number of nitriles is 1. The number of nitrogens with zero attached hydrogens (tertiary/aromatic N) is 1. The van der Waals surface area contributed by atoms with Gasteiger partial charge in [0, 0.05) is 11.8 Å². The Morgan fingerprint density at radius 1 is 1.04 bits per heavy atom. The summed E-state index contributed by atoms with van der Waals surface area (Å²) in [5.41, 5.74) is 2.11. The summed E-state index contributed by atoms with van der Waals surface area (Å²) in [4.78, 5) is 0. The van der Waals surface area contributed by atoms with Crippen LogP contribution in [-0.4, -0.2) is 19.5 Å². The molecule has 3 rings (SSSR count). The fourth-order valence-corrected chi connectivity index (χ4v) is 3.96. The lowest BCUT2D eigenvalue weighted by Gasteiger charge is -2.37. The summed E-state index contributed by atoms with van der Waals surface area (Å²) in [6.07, 6.45) is 7.17. The number of rotatable bonds is 4. The maximum Gasteiger partial charge on any atom is 0.160 e. The van der Waals surface area contributed by atoms with Crippen LogP contribution in [0.15, 0.2) is 24.3 Å². The highest BCUT2D eigenvalue weighted by molar-refractivity contribution is 5.33. The van der Waals surface area contributed by atoms with E-state index in [0.29, 0.717) is 17.8 Å². The zero-order valence-electron chi connectivity index (χ0n) is 14.0. The summed E-state index contributed by atoms with van der Waals surface area (Å²) in [6.45, 7) is 3.96. The number of hydrogen-bond donors (Lipinski definition) is 0. The van der Waals surface area contributed by atoms with Crippen molar-refractivity contribution in [2.75, 3.05) is 13.2 Å². The van der Waals surface area contributed by atoms with Crippen molar-refractivity contribution in [3.8, 4) is 6.07 Å². The Bertz CT molecular complexity index is 518. The van der Waals surface area contributed by atoms with E-state index in [1.807, 2.05) is 12.1 Å². The Hall–Kier alpha value is -1.37. The largest absolute Gasteiger partial charge is 0.352 e. The van der Waals surface area contributed by atoms with E-state index < -0.39 is 0 Å². The van der Waals surface area contributed by atoms with Crippen LogP contribution in [0.1, 0.15) is 62.5 Å². The van der Waals surface area contributed by atoms with Crippen LogP contribution in [0, 0.1) is 23.2 Å². The third-order valence-corrected chi connectivity index (χ3v) is 5.36. The summed E-state index contributed by atoms with van der Waals surface area (Å²) >= 11 is 0. The normalized spacial score (nSPS) is 31.5. The van der Waals surface area contributed by atoms with Crippen molar-refractivity contribution in [3.05, 3.63) is 35.4 Å². The predicted molar refractivity (Wildman–Crippen MR) is 89.9 cm³/mol. The van der Waals surface area contributed by atoms with Crippen LogP contribution >= 0.6 is 0 Å². The second kappa shape index (κ2) is 7.95. The summed E-state index contributed by atoms with van der Waals surface area (Å²) < 4.78 is 12.0. The van der Waals surface area contributed by atoms with E-state index in [1.54, 1.807) is 0 Å². The molecule has 0 bridgehead atoms. The first-order valence-electron chi connectivity index (χ1n) is 9.03. The molecule has 0 radical (unpaired) electrons. The molecule has 0 N–H and O–H groups in total. The quantitative estimate of drug-likeness (QED) is 0.814. The van der Waals surface area contributed by atoms with Crippen LogP contribution in [0.5, 0.6) is 0 Å². The van der Waals surface area contributed by atoms with E-state index in [2.05, 4.69) is 25.1 Å². The molecule has 0 aromatic heterocycles. The van der Waals surface area contributed by atoms with Crippen LogP contribution in [0.4, 0.5) is 0 Å². The average Bonchev–Trinajstić information content (AvgIpc) is 2.63. The van der Waals surface area contributed by atoms with Gasteiger partial charge in [-0.05, 0) is 55.7 Å². The third kappa shape index (κ3) is 4.13. The molecule has 124 valence electrons. The van der Waals surface area contributed by atoms with Crippen molar-refractivity contribution in [1.29, 1.82) is 5.26 Å². The molecule has 0 atom stereocenters. The van der Waals surface area contributed by atoms with Crippen molar-refractivity contribution in [2.45, 2.75) is 57.7 Å². The summed E-state index contributed by atoms with van der Waals surface area (Å²) in [6, 6.07) is 10.3. The van der Waals surface area contributed by atoms with Crippen LogP contribution in [0.25, 0.3) is 0 Å². The highest BCUT2D eigenvalue weighted by Crippen LogP contribution is 2.39. The van der Waals surface area contributed by atoms with E-state index in [4.69, 9.17) is 14.7 Å². The van der Waals surface area contributed by atoms with Gasteiger partial charge in [-0.15, -0.1) is 0 Å². The lowest BCUT2D eigenvalue weighted by Crippen LogP contribution is -2.38. The van der Waals surface area contributed by atoms with Gasteiger partial charge in [-0.2, -0.15) is 5.26 Å². The molecule has 1 saturated heterocycles. The van der Waals surface area contributed by atoms with E-state index in [-0.39, 0.29) is 6.29 Å². The van der Waals surface area contributed by atoms with E-state index in [0.717, 1.165) is 18.8 Å².